The number of carbonyl (C=O) groups is 2. The van der Waals surface area contributed by atoms with Crippen LogP contribution in [0.1, 0.15) is 49.4 Å². The molecule has 21 heavy (non-hydrogen) atoms. The molecule has 1 N–H and O–H groups in total. The zero-order chi connectivity index (χ0) is 15.4. The van der Waals surface area contributed by atoms with Crippen LogP contribution in [0.5, 0.6) is 5.75 Å². The van der Waals surface area contributed by atoms with Crippen molar-refractivity contribution >= 4 is 27.7 Å². The van der Waals surface area contributed by atoms with Gasteiger partial charge < -0.3 is 9.84 Å². The number of hydrogen-bond acceptors (Lipinski definition) is 3. The Morgan fingerprint density at radius 3 is 2.52 bits per heavy atom. The van der Waals surface area contributed by atoms with E-state index < -0.39 is 12.1 Å². The van der Waals surface area contributed by atoms with Crippen molar-refractivity contribution in [2.24, 2.45) is 5.92 Å². The zero-order valence-corrected chi connectivity index (χ0v) is 13.6. The number of ether oxygens (including phenoxy) is 1. The summed E-state index contributed by atoms with van der Waals surface area (Å²) in [5.41, 5.74) is 0.657. The highest BCUT2D eigenvalue weighted by Crippen LogP contribution is 2.31. The molecule has 0 saturated heterocycles. The van der Waals surface area contributed by atoms with Crippen LogP contribution in [0.3, 0.4) is 0 Å². The van der Waals surface area contributed by atoms with Crippen LogP contribution in [-0.4, -0.2) is 23.0 Å². The van der Waals surface area contributed by atoms with Crippen LogP contribution < -0.4 is 4.74 Å². The van der Waals surface area contributed by atoms with Gasteiger partial charge >= 0.3 is 5.97 Å². The highest BCUT2D eigenvalue weighted by Gasteiger charge is 2.23. The quantitative estimate of drug-likeness (QED) is 0.809. The number of aliphatic carboxylic acids is 1. The fourth-order valence-electron chi connectivity index (χ4n) is 2.59. The van der Waals surface area contributed by atoms with Gasteiger partial charge in [-0.1, -0.05) is 19.3 Å². The lowest BCUT2D eigenvalue weighted by Crippen LogP contribution is -2.23. The van der Waals surface area contributed by atoms with Gasteiger partial charge in [-0.25, -0.2) is 4.79 Å². The van der Waals surface area contributed by atoms with Crippen LogP contribution in [0.4, 0.5) is 0 Å². The molecule has 2 rings (SSSR count). The molecule has 1 atom stereocenters. The minimum atomic E-state index is -1.02. The maximum absolute atomic E-state index is 12.4. The van der Waals surface area contributed by atoms with E-state index in [0.717, 1.165) is 25.7 Å². The first kappa shape index (κ1) is 16.0. The number of carboxylic acids is 1. The summed E-state index contributed by atoms with van der Waals surface area (Å²) < 4.78 is 5.94. The summed E-state index contributed by atoms with van der Waals surface area (Å²) in [6.07, 6.45) is 4.45. The van der Waals surface area contributed by atoms with Gasteiger partial charge in [0.25, 0.3) is 0 Å². The van der Waals surface area contributed by atoms with Gasteiger partial charge in [-0.15, -0.1) is 0 Å². The summed E-state index contributed by atoms with van der Waals surface area (Å²) in [6.45, 7) is 1.47. The van der Waals surface area contributed by atoms with Crippen molar-refractivity contribution in [2.75, 3.05) is 0 Å². The van der Waals surface area contributed by atoms with Gasteiger partial charge in [0, 0.05) is 11.5 Å². The highest BCUT2D eigenvalue weighted by molar-refractivity contribution is 9.10. The van der Waals surface area contributed by atoms with Crippen LogP contribution in [0, 0.1) is 5.92 Å². The molecular formula is C16H19BrO4. The summed E-state index contributed by atoms with van der Waals surface area (Å²) in [7, 11) is 0. The topological polar surface area (TPSA) is 63.6 Å². The van der Waals surface area contributed by atoms with E-state index >= 15 is 0 Å². The summed E-state index contributed by atoms with van der Waals surface area (Å²) >= 11 is 3.35. The number of Topliss-reactive ketones (excluding diaryl/α,β-unsaturated/α-hetero) is 1. The highest BCUT2D eigenvalue weighted by atomic mass is 79.9. The summed E-state index contributed by atoms with van der Waals surface area (Å²) in [6, 6.07) is 5.09. The minimum absolute atomic E-state index is 0.121. The Morgan fingerprint density at radius 1 is 1.29 bits per heavy atom. The second kappa shape index (κ2) is 7.07. The summed E-state index contributed by atoms with van der Waals surface area (Å²) in [5, 5.41) is 8.85. The van der Waals surface area contributed by atoms with Crippen molar-refractivity contribution in [3.8, 4) is 5.75 Å². The maximum atomic E-state index is 12.4. The van der Waals surface area contributed by atoms with Gasteiger partial charge in [0.1, 0.15) is 5.75 Å². The monoisotopic (exact) mass is 354 g/mol. The molecule has 1 fully saturated rings. The van der Waals surface area contributed by atoms with Crippen LogP contribution in [0.25, 0.3) is 0 Å². The van der Waals surface area contributed by atoms with E-state index in [1.54, 1.807) is 18.2 Å². The fraction of sp³-hybridized carbons (Fsp3) is 0.500. The summed E-state index contributed by atoms with van der Waals surface area (Å²) in [4.78, 5) is 23.2. The molecule has 0 heterocycles. The number of hydrogen-bond donors (Lipinski definition) is 1. The van der Waals surface area contributed by atoms with E-state index in [2.05, 4.69) is 15.9 Å². The Labute approximate surface area is 132 Å². The largest absolute Gasteiger partial charge is 0.479 e. The van der Waals surface area contributed by atoms with E-state index in [-0.39, 0.29) is 11.7 Å². The lowest BCUT2D eigenvalue weighted by molar-refractivity contribution is -0.144. The molecule has 0 amide bonds. The average Bonchev–Trinajstić information content (AvgIpc) is 2.49. The van der Waals surface area contributed by atoms with Crippen LogP contribution in [0.2, 0.25) is 0 Å². The molecule has 1 aliphatic carbocycles. The van der Waals surface area contributed by atoms with E-state index in [4.69, 9.17) is 9.84 Å². The number of rotatable bonds is 5. The Bertz CT molecular complexity index is 535. The fourth-order valence-corrected chi connectivity index (χ4v) is 3.06. The van der Waals surface area contributed by atoms with E-state index in [9.17, 15) is 9.59 Å². The Hall–Kier alpha value is -1.36. The molecular weight excluding hydrogens is 336 g/mol. The smallest absolute Gasteiger partial charge is 0.344 e. The SMILES string of the molecule is C[C@@H](Oc1ccc(C(=O)C2CCCCC2)cc1Br)C(=O)O. The molecule has 5 heteroatoms. The lowest BCUT2D eigenvalue weighted by Gasteiger charge is -2.20. The molecule has 1 aliphatic rings. The number of ketones is 1. The number of benzene rings is 1. The number of halogens is 1. The Kier molecular flexibility index (Phi) is 5.39. The van der Waals surface area contributed by atoms with Crippen molar-refractivity contribution in [1.29, 1.82) is 0 Å². The second-order valence-corrected chi connectivity index (χ2v) is 6.30. The first-order valence-corrected chi connectivity index (χ1v) is 8.01. The number of carboxylic acid groups (broad SMARTS) is 1. The molecule has 114 valence electrons. The van der Waals surface area contributed by atoms with Gasteiger partial charge in [-0.3, -0.25) is 4.79 Å². The van der Waals surface area contributed by atoms with Gasteiger partial charge in [-0.05, 0) is 53.9 Å². The van der Waals surface area contributed by atoms with Crippen molar-refractivity contribution in [2.45, 2.75) is 45.1 Å². The third-order valence-electron chi connectivity index (χ3n) is 3.84. The average molecular weight is 355 g/mol. The minimum Gasteiger partial charge on any atom is -0.479 e. The number of carbonyl (C=O) groups excluding carboxylic acids is 1. The zero-order valence-electron chi connectivity index (χ0n) is 12.0. The molecule has 1 saturated carbocycles. The molecule has 4 nitrogen and oxygen atoms in total. The lowest BCUT2D eigenvalue weighted by atomic mass is 9.84. The van der Waals surface area contributed by atoms with E-state index in [0.29, 0.717) is 15.8 Å². The third kappa shape index (κ3) is 4.06. The molecule has 0 unspecified atom stereocenters. The maximum Gasteiger partial charge on any atom is 0.344 e. The Morgan fingerprint density at radius 2 is 1.95 bits per heavy atom. The first-order chi connectivity index (χ1) is 9.99. The van der Waals surface area contributed by atoms with E-state index in [1.165, 1.54) is 13.3 Å². The standard InChI is InChI=1S/C16H19BrO4/c1-10(16(19)20)21-14-8-7-12(9-13(14)17)15(18)11-5-3-2-4-6-11/h7-11H,2-6H2,1H3,(H,19,20)/t10-/m1/s1. The molecule has 0 bridgehead atoms. The van der Waals surface area contributed by atoms with Crippen molar-refractivity contribution in [1.82, 2.24) is 0 Å². The molecule has 1 aromatic rings. The van der Waals surface area contributed by atoms with Gasteiger partial charge in [0.05, 0.1) is 4.47 Å². The first-order valence-electron chi connectivity index (χ1n) is 7.22. The van der Waals surface area contributed by atoms with Gasteiger partial charge in [-0.2, -0.15) is 0 Å². The molecule has 0 aliphatic heterocycles. The molecule has 0 spiro atoms. The van der Waals surface area contributed by atoms with Crippen molar-refractivity contribution < 1.29 is 19.4 Å². The predicted octanol–water partition coefficient (Wildman–Crippen LogP) is 4.06. The van der Waals surface area contributed by atoms with Gasteiger partial charge in [0.15, 0.2) is 11.9 Å². The molecule has 1 aromatic carbocycles. The van der Waals surface area contributed by atoms with Crippen molar-refractivity contribution in [3.05, 3.63) is 28.2 Å². The van der Waals surface area contributed by atoms with Crippen molar-refractivity contribution in [3.63, 3.8) is 0 Å². The van der Waals surface area contributed by atoms with Gasteiger partial charge in [0.2, 0.25) is 0 Å². The van der Waals surface area contributed by atoms with Crippen LogP contribution in [0.15, 0.2) is 22.7 Å². The molecule has 0 aromatic heterocycles. The molecule has 0 radical (unpaired) electrons. The van der Waals surface area contributed by atoms with Crippen LogP contribution in [-0.2, 0) is 4.79 Å². The Balaban J connectivity index is 2.10. The predicted molar refractivity (Wildman–Crippen MR) is 82.8 cm³/mol. The van der Waals surface area contributed by atoms with E-state index in [1.807, 2.05) is 0 Å². The normalized spacial score (nSPS) is 17.2. The summed E-state index contributed by atoms with van der Waals surface area (Å²) in [5.74, 6) is -0.294. The second-order valence-electron chi connectivity index (χ2n) is 5.44. The van der Waals surface area contributed by atoms with Crippen LogP contribution >= 0.6 is 15.9 Å². The third-order valence-corrected chi connectivity index (χ3v) is 4.46.